The summed E-state index contributed by atoms with van der Waals surface area (Å²) < 4.78 is 32.5. The maximum atomic E-state index is 12.5. The molecule has 0 bridgehead atoms. The van der Waals surface area contributed by atoms with Crippen LogP contribution in [0.5, 0.6) is 0 Å². The molecule has 1 saturated heterocycles. The van der Waals surface area contributed by atoms with Gasteiger partial charge in [0.2, 0.25) is 10.0 Å². The smallest absolute Gasteiger partial charge is 0.317 e. The van der Waals surface area contributed by atoms with Gasteiger partial charge in [-0.05, 0) is 53.5 Å². The molecule has 280 valence electrons. The van der Waals surface area contributed by atoms with Crippen molar-refractivity contribution in [2.45, 2.75) is 54.6 Å². The number of hydrogen-bond donors (Lipinski definition) is 3. The molecule has 1 aliphatic rings. The van der Waals surface area contributed by atoms with Crippen LogP contribution in [0.2, 0.25) is 0 Å². The number of urea groups is 1. The molecule has 0 atom stereocenters. The number of aryl methyl sites for hydroxylation is 1. The summed E-state index contributed by atoms with van der Waals surface area (Å²) in [5, 5.41) is 7.02. The van der Waals surface area contributed by atoms with Gasteiger partial charge in [0.1, 0.15) is 5.76 Å². The van der Waals surface area contributed by atoms with Gasteiger partial charge < -0.3 is 24.8 Å². The van der Waals surface area contributed by atoms with Crippen molar-refractivity contribution in [3.8, 4) is 0 Å². The predicted octanol–water partition coefficient (Wildman–Crippen LogP) is 6.16. The Morgan fingerprint density at radius 3 is 2.20 bits per heavy atom. The number of sulfonamides is 1. The highest BCUT2D eigenvalue weighted by molar-refractivity contribution is 7.88. The van der Waals surface area contributed by atoms with E-state index in [0.717, 1.165) is 54.2 Å². The number of para-hydroxylation sites is 1. The minimum absolute atomic E-state index is 0.00587. The summed E-state index contributed by atoms with van der Waals surface area (Å²) in [4.78, 5) is 28.0. The summed E-state index contributed by atoms with van der Waals surface area (Å²) in [6, 6.07) is 18.1. The van der Waals surface area contributed by atoms with Crippen LogP contribution in [-0.4, -0.2) is 81.7 Å². The first-order valence-corrected chi connectivity index (χ1v) is 19.2. The molecular formula is C39H58N6O5S. The van der Waals surface area contributed by atoms with Crippen LogP contribution in [0.4, 0.5) is 4.79 Å². The number of aldehydes is 1. The summed E-state index contributed by atoms with van der Waals surface area (Å²) in [6.45, 7) is 16.3. The number of nitrogens with zero attached hydrogens (tertiary/aromatic N) is 3. The first-order chi connectivity index (χ1) is 24.2. The third kappa shape index (κ3) is 13.6. The van der Waals surface area contributed by atoms with Crippen molar-refractivity contribution in [3.63, 3.8) is 0 Å². The van der Waals surface area contributed by atoms with Gasteiger partial charge in [0.25, 0.3) is 0 Å². The van der Waals surface area contributed by atoms with Crippen LogP contribution in [0.15, 0.2) is 90.0 Å². The molecule has 3 aromatic rings. The van der Waals surface area contributed by atoms with E-state index in [2.05, 4.69) is 47.1 Å². The van der Waals surface area contributed by atoms with Gasteiger partial charge in [0.05, 0.1) is 30.3 Å². The molecule has 2 heterocycles. The highest BCUT2D eigenvalue weighted by Gasteiger charge is 2.22. The van der Waals surface area contributed by atoms with E-state index in [0.29, 0.717) is 36.8 Å². The topological polar surface area (TPSA) is 125 Å². The van der Waals surface area contributed by atoms with Crippen LogP contribution < -0.4 is 15.4 Å². The minimum atomic E-state index is -3.36. The summed E-state index contributed by atoms with van der Waals surface area (Å²) >= 11 is 0. The third-order valence-electron chi connectivity index (χ3n) is 8.21. The number of hydrogen-bond acceptors (Lipinski definition) is 7. The number of piperazine rings is 1. The van der Waals surface area contributed by atoms with Crippen LogP contribution in [0, 0.1) is 5.41 Å². The maximum absolute atomic E-state index is 12.5. The first kappa shape index (κ1) is 42.6. The van der Waals surface area contributed by atoms with Gasteiger partial charge in [-0.15, -0.1) is 0 Å². The van der Waals surface area contributed by atoms with E-state index < -0.39 is 10.0 Å². The molecule has 1 aliphatic heterocycles. The number of amides is 2. The highest BCUT2D eigenvalue weighted by atomic mass is 32.2. The molecule has 1 fully saturated rings. The van der Waals surface area contributed by atoms with E-state index in [1.807, 2.05) is 92.0 Å². The molecular weight excluding hydrogens is 665 g/mol. The Balaban J connectivity index is 0.000000362. The van der Waals surface area contributed by atoms with Gasteiger partial charge in [-0.25, -0.2) is 13.2 Å². The van der Waals surface area contributed by atoms with Crippen molar-refractivity contribution >= 4 is 33.2 Å². The van der Waals surface area contributed by atoms with Crippen molar-refractivity contribution in [3.05, 3.63) is 107 Å². The third-order valence-corrected chi connectivity index (χ3v) is 8.80. The number of aromatic nitrogens is 1. The molecule has 0 saturated carbocycles. The molecule has 12 heteroatoms. The zero-order valence-electron chi connectivity index (χ0n) is 32.0. The van der Waals surface area contributed by atoms with Crippen molar-refractivity contribution < 1.29 is 22.7 Å². The number of rotatable bonds is 11. The molecule has 2 aromatic carbocycles. The second-order valence-corrected chi connectivity index (χ2v) is 14.8. The highest BCUT2D eigenvalue weighted by Crippen LogP contribution is 2.28. The summed E-state index contributed by atoms with van der Waals surface area (Å²) in [5.41, 5.74) is 5.37. The van der Waals surface area contributed by atoms with E-state index in [1.54, 1.807) is 19.2 Å². The van der Waals surface area contributed by atoms with Crippen molar-refractivity contribution in [2.24, 2.45) is 12.5 Å². The lowest BCUT2D eigenvalue weighted by molar-refractivity contribution is 0.111. The number of methoxy groups -OCH3 is 1. The van der Waals surface area contributed by atoms with E-state index in [4.69, 9.17) is 4.74 Å². The molecule has 2 amide bonds. The lowest BCUT2D eigenvalue weighted by atomic mass is 9.85. The fourth-order valence-corrected chi connectivity index (χ4v) is 5.96. The fourth-order valence-electron chi connectivity index (χ4n) is 5.35. The van der Waals surface area contributed by atoms with Gasteiger partial charge in [-0.3, -0.25) is 14.4 Å². The lowest BCUT2D eigenvalue weighted by Crippen LogP contribution is -2.51. The van der Waals surface area contributed by atoms with Crippen LogP contribution >= 0.6 is 0 Å². The number of carbonyl (C=O) groups is 2. The number of nitrogens with one attached hydrogen (secondary N) is 3. The minimum Gasteiger partial charge on any atom is -0.499 e. The number of ether oxygens (including phenoxy) is 1. The van der Waals surface area contributed by atoms with Gasteiger partial charge in [-0.2, -0.15) is 0 Å². The van der Waals surface area contributed by atoms with Crippen LogP contribution in [0.25, 0.3) is 10.9 Å². The van der Waals surface area contributed by atoms with E-state index in [1.165, 1.54) is 12.7 Å². The Labute approximate surface area is 305 Å². The molecule has 1 aromatic heterocycles. The zero-order chi connectivity index (χ0) is 38.2. The first-order valence-electron chi connectivity index (χ1n) is 17.3. The average Bonchev–Trinajstić information content (AvgIpc) is 3.45. The Morgan fingerprint density at radius 2 is 1.65 bits per heavy atom. The molecule has 3 N–H and O–H groups in total. The standard InChI is InChI=1S/C23H26N4O2.C14H26N2O3S.C2H6/c1-25-21(17-28)14-19-8-5-9-20(22(19)25)16-26-10-12-27(13-11-26)23(29)24-15-18-6-3-2-4-7-18;1-11(19-6)13(16-20(7,17)18)10-12(8-9-15-5)14(2,3)4;1-2/h2-9,14,17H,10-13,15-16H2,1H3,(H,24,29);8-10,15-16H,1-7H3;1-2H3/b;9-8+,12-10+,13-11-;. The molecule has 51 heavy (non-hydrogen) atoms. The normalized spacial score (nSPS) is 14.5. The number of carbonyl (C=O) groups excluding carboxylic acids is 2. The summed E-state index contributed by atoms with van der Waals surface area (Å²) in [7, 11) is 1.89. The Morgan fingerprint density at radius 1 is 1.00 bits per heavy atom. The maximum Gasteiger partial charge on any atom is 0.317 e. The van der Waals surface area contributed by atoms with Crippen molar-refractivity contribution in [1.82, 2.24) is 29.7 Å². The van der Waals surface area contributed by atoms with Crippen molar-refractivity contribution in [2.75, 3.05) is 46.6 Å². The van der Waals surface area contributed by atoms with Crippen LogP contribution in [-0.2, 0) is 34.9 Å². The Hall–Kier alpha value is -4.55. The number of benzene rings is 2. The molecule has 4 rings (SSSR count). The molecule has 0 radical (unpaired) electrons. The molecule has 0 spiro atoms. The van der Waals surface area contributed by atoms with Crippen LogP contribution in [0.1, 0.15) is 63.2 Å². The lowest BCUT2D eigenvalue weighted by Gasteiger charge is -2.34. The molecule has 0 unspecified atom stereocenters. The summed E-state index contributed by atoms with van der Waals surface area (Å²) in [5.74, 6) is 0.509. The second kappa shape index (κ2) is 20.3. The molecule has 0 aliphatic carbocycles. The summed E-state index contributed by atoms with van der Waals surface area (Å²) in [6.07, 6.45) is 7.51. The van der Waals surface area contributed by atoms with E-state index >= 15 is 0 Å². The van der Waals surface area contributed by atoms with E-state index in [9.17, 15) is 18.0 Å². The largest absolute Gasteiger partial charge is 0.499 e. The van der Waals surface area contributed by atoms with Gasteiger partial charge in [0.15, 0.2) is 6.29 Å². The van der Waals surface area contributed by atoms with Crippen molar-refractivity contribution in [1.29, 1.82) is 0 Å². The fraction of sp³-hybridized carbons (Fsp3) is 0.436. The molecule has 11 nitrogen and oxygen atoms in total. The van der Waals surface area contributed by atoms with E-state index in [-0.39, 0.29) is 11.4 Å². The quantitative estimate of drug-likeness (QED) is 0.123. The van der Waals surface area contributed by atoms with Crippen LogP contribution in [0.3, 0.4) is 0 Å². The van der Waals surface area contributed by atoms with Gasteiger partial charge in [0, 0.05) is 58.8 Å². The van der Waals surface area contributed by atoms with Gasteiger partial charge in [-0.1, -0.05) is 83.1 Å². The van der Waals surface area contributed by atoms with Gasteiger partial charge >= 0.3 is 6.03 Å². The second-order valence-electron chi connectivity index (χ2n) is 13.0. The Bertz CT molecular complexity index is 1760. The predicted molar refractivity (Wildman–Crippen MR) is 209 cm³/mol. The SMILES string of the molecule is CC.CN/C=C/C(=C\C(NS(C)(=O)=O)=C(/C)OC)C(C)(C)C.Cn1c(C=O)cc2cccc(CN3CCN(C(=O)NCc4ccccc4)CC3)c21. The monoisotopic (exact) mass is 722 g/mol. The Kier molecular flexibility index (Phi) is 17.0. The number of allylic oxidation sites excluding steroid dienone is 4. The average molecular weight is 723 g/mol. The number of fused-ring (bicyclic) bond motifs is 1. The zero-order valence-corrected chi connectivity index (χ0v) is 32.9.